The maximum absolute atomic E-state index is 5.28. The highest BCUT2D eigenvalue weighted by atomic mass is 15.3. The van der Waals surface area contributed by atoms with E-state index in [0.29, 0.717) is 17.5 Å². The Bertz CT molecular complexity index is 3000. The van der Waals surface area contributed by atoms with Crippen LogP contribution in [0, 0.1) is 0 Å². The fourth-order valence-electron chi connectivity index (χ4n) is 7.99. The van der Waals surface area contributed by atoms with E-state index in [2.05, 4.69) is 198 Å². The fraction of sp³-hybridized carbons (Fsp3) is 0. The van der Waals surface area contributed by atoms with Gasteiger partial charge in [0.2, 0.25) is 5.95 Å². The van der Waals surface area contributed by atoms with E-state index in [9.17, 15) is 0 Å². The molecule has 272 valence electrons. The van der Waals surface area contributed by atoms with E-state index in [-0.39, 0.29) is 0 Å². The van der Waals surface area contributed by atoms with E-state index < -0.39 is 0 Å². The highest BCUT2D eigenvalue weighted by Gasteiger charge is 2.29. The van der Waals surface area contributed by atoms with Gasteiger partial charge in [0.05, 0.1) is 22.4 Å². The van der Waals surface area contributed by atoms with Gasteiger partial charge in [-0.1, -0.05) is 170 Å². The van der Waals surface area contributed by atoms with Gasteiger partial charge in [-0.2, -0.15) is 0 Å². The average Bonchev–Trinajstić information content (AvgIpc) is 3.63. The Labute approximate surface area is 336 Å². The second-order valence-electron chi connectivity index (χ2n) is 14.3. The Kier molecular flexibility index (Phi) is 8.04. The van der Waals surface area contributed by atoms with Gasteiger partial charge in [-0.25, -0.2) is 19.9 Å². The van der Waals surface area contributed by atoms with Gasteiger partial charge in [0.25, 0.3) is 0 Å². The summed E-state index contributed by atoms with van der Waals surface area (Å²) in [6, 6.07) is 71.6. The van der Waals surface area contributed by atoms with Crippen LogP contribution in [0.25, 0.3) is 84.3 Å². The zero-order valence-electron chi connectivity index (χ0n) is 31.3. The highest BCUT2D eigenvalue weighted by molar-refractivity contribution is 5.96. The number of benzene rings is 8. The average molecular weight is 743 g/mol. The molecule has 1 aliphatic heterocycles. The van der Waals surface area contributed by atoms with Crippen LogP contribution in [0.3, 0.4) is 0 Å². The van der Waals surface area contributed by atoms with Gasteiger partial charge in [-0.3, -0.25) is 9.47 Å². The number of imidazole rings is 1. The molecule has 0 N–H and O–H groups in total. The summed E-state index contributed by atoms with van der Waals surface area (Å²) < 4.78 is 2.27. The molecular formula is C52H34N6. The molecule has 0 atom stereocenters. The van der Waals surface area contributed by atoms with E-state index in [1.165, 1.54) is 0 Å². The number of aromatic nitrogens is 5. The van der Waals surface area contributed by atoms with Gasteiger partial charge in [0, 0.05) is 33.5 Å². The molecule has 0 saturated heterocycles. The monoisotopic (exact) mass is 742 g/mol. The number of nitrogens with zero attached hydrogens (tertiary/aromatic N) is 6. The molecule has 11 rings (SSSR count). The number of hydrogen-bond acceptors (Lipinski definition) is 5. The van der Waals surface area contributed by atoms with E-state index in [1.54, 1.807) is 0 Å². The van der Waals surface area contributed by atoms with Crippen LogP contribution in [0.1, 0.15) is 0 Å². The van der Waals surface area contributed by atoms with Crippen molar-refractivity contribution in [1.29, 1.82) is 0 Å². The van der Waals surface area contributed by atoms with Crippen molar-refractivity contribution in [2.75, 3.05) is 4.90 Å². The largest absolute Gasteiger partial charge is 0.280 e. The van der Waals surface area contributed by atoms with Gasteiger partial charge >= 0.3 is 0 Å². The van der Waals surface area contributed by atoms with E-state index >= 15 is 0 Å². The molecule has 3 heterocycles. The van der Waals surface area contributed by atoms with E-state index in [0.717, 1.165) is 84.1 Å². The summed E-state index contributed by atoms with van der Waals surface area (Å²) in [5.74, 6) is 2.61. The molecule has 58 heavy (non-hydrogen) atoms. The summed E-state index contributed by atoms with van der Waals surface area (Å²) in [6.45, 7) is 0. The lowest BCUT2D eigenvalue weighted by atomic mass is 10.0. The van der Waals surface area contributed by atoms with Crippen molar-refractivity contribution in [3.63, 3.8) is 0 Å². The molecule has 0 bridgehead atoms. The summed E-state index contributed by atoms with van der Waals surface area (Å²) in [5, 5.41) is 0. The number of para-hydroxylation sites is 4. The molecule has 0 unspecified atom stereocenters. The summed E-state index contributed by atoms with van der Waals surface area (Å²) in [4.78, 5) is 23.0. The van der Waals surface area contributed by atoms with Crippen LogP contribution >= 0.6 is 0 Å². The molecule has 8 aromatic carbocycles. The van der Waals surface area contributed by atoms with Gasteiger partial charge in [-0.15, -0.1) is 0 Å². The van der Waals surface area contributed by atoms with Crippen LogP contribution < -0.4 is 4.90 Å². The molecule has 2 aromatic heterocycles. The first-order chi connectivity index (χ1) is 28.7. The minimum absolute atomic E-state index is 0.584. The second-order valence-corrected chi connectivity index (χ2v) is 14.3. The fourth-order valence-corrected chi connectivity index (χ4v) is 7.99. The Morgan fingerprint density at radius 2 is 0.759 bits per heavy atom. The molecule has 0 amide bonds. The minimum atomic E-state index is 0.584. The maximum Gasteiger partial charge on any atom is 0.220 e. The van der Waals surface area contributed by atoms with E-state index in [1.807, 2.05) is 18.2 Å². The lowest BCUT2D eigenvalue weighted by molar-refractivity contribution is 1.05. The molecule has 0 spiro atoms. The van der Waals surface area contributed by atoms with Gasteiger partial charge in [0.15, 0.2) is 17.5 Å². The topological polar surface area (TPSA) is 59.7 Å². The Morgan fingerprint density at radius 1 is 0.310 bits per heavy atom. The molecule has 0 radical (unpaired) electrons. The van der Waals surface area contributed by atoms with Crippen molar-refractivity contribution >= 4 is 28.4 Å². The summed E-state index contributed by atoms with van der Waals surface area (Å²) in [7, 11) is 0. The summed E-state index contributed by atoms with van der Waals surface area (Å²) in [6.07, 6.45) is 0. The smallest absolute Gasteiger partial charge is 0.220 e. The minimum Gasteiger partial charge on any atom is -0.280 e. The van der Waals surface area contributed by atoms with Crippen LogP contribution in [0.4, 0.5) is 17.3 Å². The first-order valence-corrected chi connectivity index (χ1v) is 19.4. The number of rotatable bonds is 6. The van der Waals surface area contributed by atoms with Crippen molar-refractivity contribution in [3.8, 4) is 73.2 Å². The predicted octanol–water partition coefficient (Wildman–Crippen LogP) is 13.0. The third-order valence-corrected chi connectivity index (χ3v) is 10.8. The van der Waals surface area contributed by atoms with Crippen molar-refractivity contribution in [3.05, 3.63) is 206 Å². The molecule has 0 fully saturated rings. The lowest BCUT2D eigenvalue weighted by Gasteiger charge is -2.25. The summed E-state index contributed by atoms with van der Waals surface area (Å²) >= 11 is 0. The Morgan fingerprint density at radius 3 is 1.38 bits per heavy atom. The van der Waals surface area contributed by atoms with Gasteiger partial charge in [-0.05, 0) is 58.7 Å². The number of hydrogen-bond donors (Lipinski definition) is 0. The standard InChI is InChI=1S/C52H34N6/c1-3-14-35(15-4-1)37-26-30-39(31-27-37)49-54-50(40-32-28-38(29-33-40)36-16-5-2-6-17-36)56-51(55-49)41-18-13-19-42(34-41)57-46-23-10-7-20-43(46)44-21-8-11-24-47(44)58-48-25-12-9-22-45(48)53-52(57)58/h1-34H. The van der Waals surface area contributed by atoms with Crippen molar-refractivity contribution < 1.29 is 0 Å². The first-order valence-electron chi connectivity index (χ1n) is 19.4. The molecule has 6 heteroatoms. The van der Waals surface area contributed by atoms with Gasteiger partial charge < -0.3 is 0 Å². The molecule has 0 saturated carbocycles. The normalized spacial score (nSPS) is 11.8. The third-order valence-electron chi connectivity index (χ3n) is 10.8. The molecular weight excluding hydrogens is 709 g/mol. The number of fused-ring (bicyclic) bond motifs is 7. The van der Waals surface area contributed by atoms with Crippen LogP contribution in [0.15, 0.2) is 206 Å². The zero-order valence-corrected chi connectivity index (χ0v) is 31.3. The van der Waals surface area contributed by atoms with Crippen LogP contribution in [-0.2, 0) is 0 Å². The third kappa shape index (κ3) is 5.83. The Hall–Kier alpha value is -7.96. The Balaban J connectivity index is 1.07. The van der Waals surface area contributed by atoms with Crippen LogP contribution in [0.2, 0.25) is 0 Å². The quantitative estimate of drug-likeness (QED) is 0.170. The molecule has 6 nitrogen and oxygen atoms in total. The molecule has 10 aromatic rings. The zero-order chi connectivity index (χ0) is 38.4. The van der Waals surface area contributed by atoms with Crippen LogP contribution in [0.5, 0.6) is 0 Å². The lowest BCUT2D eigenvalue weighted by Crippen LogP contribution is -2.14. The number of anilines is 3. The van der Waals surface area contributed by atoms with Crippen molar-refractivity contribution in [2.45, 2.75) is 0 Å². The van der Waals surface area contributed by atoms with Crippen molar-refractivity contribution in [2.24, 2.45) is 0 Å². The van der Waals surface area contributed by atoms with Crippen molar-refractivity contribution in [1.82, 2.24) is 24.5 Å². The SMILES string of the molecule is c1ccc(-c2ccc(-c3nc(-c4ccc(-c5ccccc5)cc4)nc(-c4cccc(N5c6ccccc6-c6ccccc6-n6c5nc5ccccc56)c4)n3)cc2)cc1. The summed E-state index contributed by atoms with van der Waals surface area (Å²) in [5.41, 5.74) is 14.6. The van der Waals surface area contributed by atoms with Gasteiger partial charge in [0.1, 0.15) is 0 Å². The molecule has 1 aliphatic rings. The van der Waals surface area contributed by atoms with E-state index in [4.69, 9.17) is 19.9 Å². The first kappa shape index (κ1) is 33.4. The molecule has 0 aliphatic carbocycles. The van der Waals surface area contributed by atoms with Crippen LogP contribution in [-0.4, -0.2) is 24.5 Å². The highest BCUT2D eigenvalue weighted by Crippen LogP contribution is 2.47. The second kappa shape index (κ2) is 14.0. The maximum atomic E-state index is 5.28. The predicted molar refractivity (Wildman–Crippen MR) is 235 cm³/mol.